The monoisotopic (exact) mass is 333 g/mol. The standard InChI is InChI=1S/C17H20FN3O3/c18-12-2-5-15(21(23)24)16(9-12)19-8-7-14-11(10-19)1-6-17(22)20(14)13-3-4-13/h2,5,9,11,13-14H,1,3-4,6-8,10H2/t11-,14-/m1/s1. The van der Waals surface area contributed by atoms with E-state index in [0.29, 0.717) is 37.2 Å². The molecule has 128 valence electrons. The molecule has 2 saturated heterocycles. The minimum Gasteiger partial charge on any atom is -0.365 e. The van der Waals surface area contributed by atoms with Crippen molar-refractivity contribution in [2.75, 3.05) is 18.0 Å². The quantitative estimate of drug-likeness (QED) is 0.630. The zero-order valence-electron chi connectivity index (χ0n) is 13.4. The molecule has 7 heteroatoms. The van der Waals surface area contributed by atoms with Crippen molar-refractivity contribution in [1.82, 2.24) is 4.90 Å². The average Bonchev–Trinajstić information content (AvgIpc) is 3.38. The summed E-state index contributed by atoms with van der Waals surface area (Å²) in [5.41, 5.74) is 0.300. The van der Waals surface area contributed by atoms with Crippen LogP contribution in [0.3, 0.4) is 0 Å². The maximum absolute atomic E-state index is 13.6. The molecular weight excluding hydrogens is 313 g/mol. The lowest BCUT2D eigenvalue weighted by Crippen LogP contribution is -2.56. The number of rotatable bonds is 3. The fourth-order valence-corrected chi connectivity index (χ4v) is 4.24. The van der Waals surface area contributed by atoms with Crippen LogP contribution in [0.5, 0.6) is 0 Å². The van der Waals surface area contributed by atoms with Crippen LogP contribution in [-0.4, -0.2) is 40.9 Å². The Hall–Kier alpha value is -2.18. The zero-order chi connectivity index (χ0) is 16.8. The van der Waals surface area contributed by atoms with Gasteiger partial charge in [0.1, 0.15) is 11.5 Å². The molecule has 2 aliphatic heterocycles. The zero-order valence-corrected chi connectivity index (χ0v) is 13.4. The van der Waals surface area contributed by atoms with Gasteiger partial charge in [-0.1, -0.05) is 0 Å². The van der Waals surface area contributed by atoms with Crippen LogP contribution in [0.1, 0.15) is 32.1 Å². The van der Waals surface area contributed by atoms with Gasteiger partial charge in [0.2, 0.25) is 5.91 Å². The van der Waals surface area contributed by atoms with Crippen molar-refractivity contribution in [2.24, 2.45) is 5.92 Å². The van der Waals surface area contributed by atoms with Crippen LogP contribution in [0, 0.1) is 21.8 Å². The Morgan fingerprint density at radius 2 is 2.00 bits per heavy atom. The highest BCUT2D eigenvalue weighted by Crippen LogP contribution is 2.41. The minimum atomic E-state index is -0.462. The summed E-state index contributed by atoms with van der Waals surface area (Å²) in [6.07, 6.45) is 4.34. The van der Waals surface area contributed by atoms with Gasteiger partial charge in [-0.25, -0.2) is 4.39 Å². The molecule has 4 rings (SSSR count). The number of hydrogen-bond acceptors (Lipinski definition) is 4. The van der Waals surface area contributed by atoms with E-state index >= 15 is 0 Å². The molecule has 1 amide bonds. The number of carbonyl (C=O) groups is 1. The Bertz CT molecular complexity index is 692. The van der Waals surface area contributed by atoms with Crippen LogP contribution < -0.4 is 4.90 Å². The first-order valence-electron chi connectivity index (χ1n) is 8.54. The van der Waals surface area contributed by atoms with E-state index in [1.165, 1.54) is 12.1 Å². The van der Waals surface area contributed by atoms with Crippen LogP contribution >= 0.6 is 0 Å². The molecule has 24 heavy (non-hydrogen) atoms. The Kier molecular flexibility index (Phi) is 3.66. The van der Waals surface area contributed by atoms with Gasteiger partial charge in [0.15, 0.2) is 0 Å². The number of halogens is 1. The maximum atomic E-state index is 13.6. The highest BCUT2D eigenvalue weighted by atomic mass is 19.1. The second-order valence-electron chi connectivity index (χ2n) is 7.02. The molecule has 2 heterocycles. The van der Waals surface area contributed by atoms with Gasteiger partial charge in [-0.15, -0.1) is 0 Å². The number of carbonyl (C=O) groups excluding carboxylic acids is 1. The van der Waals surface area contributed by atoms with Crippen molar-refractivity contribution >= 4 is 17.3 Å². The molecule has 0 radical (unpaired) electrons. The van der Waals surface area contributed by atoms with E-state index in [2.05, 4.69) is 4.90 Å². The lowest BCUT2D eigenvalue weighted by atomic mass is 9.83. The summed E-state index contributed by atoms with van der Waals surface area (Å²) in [4.78, 5) is 27.0. The predicted molar refractivity (Wildman–Crippen MR) is 86.3 cm³/mol. The fraction of sp³-hybridized carbons (Fsp3) is 0.588. The number of nitro groups is 1. The van der Waals surface area contributed by atoms with Crippen LogP contribution in [0.25, 0.3) is 0 Å². The molecule has 1 saturated carbocycles. The number of anilines is 1. The smallest absolute Gasteiger partial charge is 0.292 e. The summed E-state index contributed by atoms with van der Waals surface area (Å²) in [5, 5.41) is 11.3. The Morgan fingerprint density at radius 1 is 1.21 bits per heavy atom. The van der Waals surface area contributed by atoms with Gasteiger partial charge in [-0.05, 0) is 37.7 Å². The first kappa shape index (κ1) is 15.4. The van der Waals surface area contributed by atoms with Gasteiger partial charge in [-0.3, -0.25) is 14.9 Å². The molecule has 1 aromatic rings. The lowest BCUT2D eigenvalue weighted by Gasteiger charge is -2.47. The molecule has 0 N–H and O–H groups in total. The van der Waals surface area contributed by atoms with E-state index in [0.717, 1.165) is 31.7 Å². The van der Waals surface area contributed by atoms with Gasteiger partial charge in [0.25, 0.3) is 5.69 Å². The largest absolute Gasteiger partial charge is 0.365 e. The summed E-state index contributed by atoms with van der Waals surface area (Å²) in [7, 11) is 0. The van der Waals surface area contributed by atoms with Gasteiger partial charge < -0.3 is 9.80 Å². The molecule has 1 aromatic carbocycles. The molecule has 0 spiro atoms. The number of likely N-dealkylation sites (tertiary alicyclic amines) is 1. The van der Waals surface area contributed by atoms with E-state index < -0.39 is 10.7 Å². The van der Waals surface area contributed by atoms with E-state index in [1.807, 2.05) is 4.90 Å². The van der Waals surface area contributed by atoms with E-state index in [-0.39, 0.29) is 17.6 Å². The molecular formula is C17H20FN3O3. The number of benzene rings is 1. The maximum Gasteiger partial charge on any atom is 0.292 e. The molecule has 3 aliphatic rings. The van der Waals surface area contributed by atoms with Crippen LogP contribution in [0.15, 0.2) is 18.2 Å². The number of fused-ring (bicyclic) bond motifs is 1. The first-order valence-corrected chi connectivity index (χ1v) is 8.54. The third-order valence-electron chi connectivity index (χ3n) is 5.48. The highest BCUT2D eigenvalue weighted by molar-refractivity contribution is 5.78. The van der Waals surface area contributed by atoms with Gasteiger partial charge >= 0.3 is 0 Å². The molecule has 6 nitrogen and oxygen atoms in total. The molecule has 1 aliphatic carbocycles. The topological polar surface area (TPSA) is 66.7 Å². The number of amides is 1. The number of piperidine rings is 2. The summed E-state index contributed by atoms with van der Waals surface area (Å²) >= 11 is 0. The molecule has 0 bridgehead atoms. The lowest BCUT2D eigenvalue weighted by molar-refractivity contribution is -0.384. The van der Waals surface area contributed by atoms with Crippen molar-refractivity contribution in [2.45, 2.75) is 44.2 Å². The summed E-state index contributed by atoms with van der Waals surface area (Å²) < 4.78 is 13.6. The Labute approximate surface area is 139 Å². The van der Waals surface area contributed by atoms with Crippen molar-refractivity contribution in [3.05, 3.63) is 34.1 Å². The third-order valence-corrected chi connectivity index (χ3v) is 5.48. The average molecular weight is 333 g/mol. The van der Waals surface area contributed by atoms with E-state index in [9.17, 15) is 19.3 Å². The molecule has 2 atom stereocenters. The van der Waals surface area contributed by atoms with E-state index in [4.69, 9.17) is 0 Å². The van der Waals surface area contributed by atoms with Crippen molar-refractivity contribution < 1.29 is 14.1 Å². The van der Waals surface area contributed by atoms with Crippen molar-refractivity contribution in [3.8, 4) is 0 Å². The van der Waals surface area contributed by atoms with Gasteiger partial charge in [-0.2, -0.15) is 0 Å². The second-order valence-corrected chi connectivity index (χ2v) is 7.02. The van der Waals surface area contributed by atoms with Crippen molar-refractivity contribution in [1.29, 1.82) is 0 Å². The summed E-state index contributed by atoms with van der Waals surface area (Å²) in [6, 6.07) is 4.26. The highest BCUT2D eigenvalue weighted by Gasteiger charge is 2.45. The minimum absolute atomic E-state index is 0.0548. The first-order chi connectivity index (χ1) is 11.5. The van der Waals surface area contributed by atoms with Gasteiger partial charge in [0, 0.05) is 43.7 Å². The van der Waals surface area contributed by atoms with Crippen molar-refractivity contribution in [3.63, 3.8) is 0 Å². The number of nitrogens with zero attached hydrogens (tertiary/aromatic N) is 3. The second kappa shape index (κ2) is 5.72. The normalized spacial score (nSPS) is 27.1. The summed E-state index contributed by atoms with van der Waals surface area (Å²) in [5.74, 6) is 0.0972. The van der Waals surface area contributed by atoms with E-state index in [1.54, 1.807) is 0 Å². The van der Waals surface area contributed by atoms with Crippen LogP contribution in [0.2, 0.25) is 0 Å². The molecule has 3 fully saturated rings. The Morgan fingerprint density at radius 3 is 2.71 bits per heavy atom. The Balaban J connectivity index is 1.58. The SMILES string of the molecule is O=C1CC[C@@H]2CN(c3cc(F)ccc3[N+](=O)[O-])CC[C@H]2N1C1CC1. The molecule has 0 aromatic heterocycles. The fourth-order valence-electron chi connectivity index (χ4n) is 4.24. The molecule has 0 unspecified atom stereocenters. The number of nitro benzene ring substituents is 1. The number of hydrogen-bond donors (Lipinski definition) is 0. The third kappa shape index (κ3) is 2.61. The van der Waals surface area contributed by atoms with Gasteiger partial charge in [0.05, 0.1) is 4.92 Å². The van der Waals surface area contributed by atoms with Crippen LogP contribution in [-0.2, 0) is 4.79 Å². The summed E-state index contributed by atoms with van der Waals surface area (Å²) in [6.45, 7) is 1.26. The predicted octanol–water partition coefficient (Wildman–Crippen LogP) is 2.71. The van der Waals surface area contributed by atoms with Crippen LogP contribution in [0.4, 0.5) is 15.8 Å².